The molecule has 0 saturated heterocycles. The quantitative estimate of drug-likeness (QED) is 0.677. The van der Waals surface area contributed by atoms with Gasteiger partial charge in [0.05, 0.1) is 6.42 Å². The molecular weight excluding hydrogens is 277 g/mol. The number of alkyl halides is 3. The Hall–Kier alpha value is -1.47. The summed E-state index contributed by atoms with van der Waals surface area (Å²) in [5.41, 5.74) is 0. The molecule has 0 rings (SSSR count). The first-order valence-corrected chi connectivity index (χ1v) is 6.46. The molecule has 0 aliphatic rings. The van der Waals surface area contributed by atoms with Gasteiger partial charge >= 0.3 is 18.2 Å². The number of hydrogen-bond donors (Lipinski definition) is 2. The van der Waals surface area contributed by atoms with E-state index in [2.05, 4.69) is 5.32 Å². The van der Waals surface area contributed by atoms with Gasteiger partial charge in [-0.25, -0.2) is 4.79 Å². The second-order valence-corrected chi connectivity index (χ2v) is 4.74. The second kappa shape index (κ2) is 8.65. The summed E-state index contributed by atoms with van der Waals surface area (Å²) in [6, 6.07) is -0.627. The smallest absolute Gasteiger partial charge is 0.389 e. The van der Waals surface area contributed by atoms with Gasteiger partial charge in [0.2, 0.25) is 0 Å². The third-order valence-electron chi connectivity index (χ3n) is 2.61. The van der Waals surface area contributed by atoms with E-state index in [0.717, 1.165) is 0 Å². The lowest BCUT2D eigenvalue weighted by Gasteiger charge is -2.26. The van der Waals surface area contributed by atoms with Crippen LogP contribution in [-0.4, -0.2) is 47.3 Å². The SMILES string of the molecule is CC(C)N(CCC(=O)O)C(=O)NCCCCC(F)(F)F. The first-order valence-electron chi connectivity index (χ1n) is 6.46. The number of rotatable bonds is 8. The Morgan fingerprint density at radius 3 is 2.30 bits per heavy atom. The van der Waals surface area contributed by atoms with Gasteiger partial charge in [-0.2, -0.15) is 13.2 Å². The Morgan fingerprint density at radius 1 is 1.25 bits per heavy atom. The molecule has 118 valence electrons. The van der Waals surface area contributed by atoms with Crippen molar-refractivity contribution >= 4 is 12.0 Å². The molecule has 0 aromatic carbocycles. The maximum Gasteiger partial charge on any atom is 0.389 e. The summed E-state index contributed by atoms with van der Waals surface area (Å²) < 4.78 is 35.7. The minimum Gasteiger partial charge on any atom is -0.481 e. The average Bonchev–Trinajstić information content (AvgIpc) is 2.26. The molecule has 0 unspecified atom stereocenters. The van der Waals surface area contributed by atoms with Crippen LogP contribution in [0.4, 0.5) is 18.0 Å². The van der Waals surface area contributed by atoms with Gasteiger partial charge in [-0.05, 0) is 26.7 Å². The van der Waals surface area contributed by atoms with E-state index in [1.54, 1.807) is 13.8 Å². The molecule has 0 aliphatic carbocycles. The molecular formula is C12H21F3N2O3. The number of aliphatic carboxylic acids is 1. The molecule has 2 amide bonds. The van der Waals surface area contributed by atoms with Crippen LogP contribution in [0.5, 0.6) is 0 Å². The van der Waals surface area contributed by atoms with Crippen molar-refractivity contribution in [1.29, 1.82) is 0 Å². The molecule has 0 atom stereocenters. The number of halogens is 3. The molecule has 5 nitrogen and oxygen atoms in total. The van der Waals surface area contributed by atoms with Crippen LogP contribution in [-0.2, 0) is 4.79 Å². The lowest BCUT2D eigenvalue weighted by Crippen LogP contribution is -2.45. The number of carboxylic acid groups (broad SMARTS) is 1. The number of nitrogens with zero attached hydrogens (tertiary/aromatic N) is 1. The third kappa shape index (κ3) is 9.46. The first kappa shape index (κ1) is 18.5. The maximum absolute atomic E-state index is 11.9. The van der Waals surface area contributed by atoms with E-state index in [9.17, 15) is 22.8 Å². The Morgan fingerprint density at radius 2 is 1.85 bits per heavy atom. The number of carbonyl (C=O) groups excluding carboxylic acids is 1. The molecule has 0 bridgehead atoms. The van der Waals surface area contributed by atoms with Gasteiger partial charge in [0, 0.05) is 25.6 Å². The number of unbranched alkanes of at least 4 members (excludes halogenated alkanes) is 1. The molecule has 2 N–H and O–H groups in total. The predicted molar refractivity (Wildman–Crippen MR) is 67.4 cm³/mol. The van der Waals surface area contributed by atoms with E-state index in [1.165, 1.54) is 4.90 Å². The van der Waals surface area contributed by atoms with Gasteiger partial charge < -0.3 is 15.3 Å². The molecule has 0 heterocycles. The molecule has 8 heteroatoms. The zero-order valence-corrected chi connectivity index (χ0v) is 11.7. The van der Waals surface area contributed by atoms with Crippen LogP contribution in [0.3, 0.4) is 0 Å². The number of hydrogen-bond acceptors (Lipinski definition) is 2. The van der Waals surface area contributed by atoms with Gasteiger partial charge in [0.15, 0.2) is 0 Å². The number of amides is 2. The van der Waals surface area contributed by atoms with Crippen LogP contribution in [0.2, 0.25) is 0 Å². The highest BCUT2D eigenvalue weighted by atomic mass is 19.4. The molecule has 0 aromatic heterocycles. The van der Waals surface area contributed by atoms with E-state index in [-0.39, 0.29) is 38.4 Å². The Bertz CT molecular complexity index is 320. The Kier molecular flexibility index (Phi) is 8.02. The summed E-state index contributed by atoms with van der Waals surface area (Å²) in [4.78, 5) is 23.6. The van der Waals surface area contributed by atoms with Crippen LogP contribution in [0.1, 0.15) is 39.5 Å². The lowest BCUT2D eigenvalue weighted by atomic mass is 10.2. The van der Waals surface area contributed by atoms with Crippen LogP contribution in [0.15, 0.2) is 0 Å². The highest BCUT2D eigenvalue weighted by molar-refractivity contribution is 5.75. The van der Waals surface area contributed by atoms with E-state index >= 15 is 0 Å². The minimum atomic E-state index is -4.17. The summed E-state index contributed by atoms with van der Waals surface area (Å²) in [7, 11) is 0. The minimum absolute atomic E-state index is 0.0411. The van der Waals surface area contributed by atoms with Gasteiger partial charge in [0.25, 0.3) is 0 Å². The molecule has 0 spiro atoms. The fourth-order valence-corrected chi connectivity index (χ4v) is 1.56. The monoisotopic (exact) mass is 298 g/mol. The molecule has 0 radical (unpaired) electrons. The van der Waals surface area contributed by atoms with E-state index in [1.807, 2.05) is 0 Å². The second-order valence-electron chi connectivity index (χ2n) is 4.74. The molecule has 0 aliphatic heterocycles. The maximum atomic E-state index is 11.9. The summed E-state index contributed by atoms with van der Waals surface area (Å²) in [5, 5.41) is 11.1. The highest BCUT2D eigenvalue weighted by Gasteiger charge is 2.26. The molecule has 20 heavy (non-hydrogen) atoms. The zero-order valence-electron chi connectivity index (χ0n) is 11.7. The van der Waals surface area contributed by atoms with Crippen molar-refractivity contribution in [1.82, 2.24) is 10.2 Å². The van der Waals surface area contributed by atoms with E-state index < -0.39 is 24.6 Å². The highest BCUT2D eigenvalue weighted by Crippen LogP contribution is 2.21. The largest absolute Gasteiger partial charge is 0.481 e. The molecule has 0 fully saturated rings. The topological polar surface area (TPSA) is 69.6 Å². The van der Waals surface area contributed by atoms with Crippen LogP contribution in [0, 0.1) is 0 Å². The summed E-state index contributed by atoms with van der Waals surface area (Å²) in [6.45, 7) is 3.70. The van der Waals surface area contributed by atoms with Crippen molar-refractivity contribution in [3.05, 3.63) is 0 Å². The van der Waals surface area contributed by atoms with Crippen molar-refractivity contribution < 1.29 is 27.9 Å². The van der Waals surface area contributed by atoms with Crippen molar-refractivity contribution in [2.45, 2.75) is 51.7 Å². The Balaban J connectivity index is 3.99. The van der Waals surface area contributed by atoms with Crippen LogP contribution < -0.4 is 5.32 Å². The zero-order chi connectivity index (χ0) is 15.8. The van der Waals surface area contributed by atoms with E-state index in [0.29, 0.717) is 0 Å². The third-order valence-corrected chi connectivity index (χ3v) is 2.61. The molecule has 0 aromatic rings. The number of carbonyl (C=O) groups is 2. The fraction of sp³-hybridized carbons (Fsp3) is 0.833. The summed E-state index contributed by atoms with van der Waals surface area (Å²) in [6.07, 6.45) is -5.01. The summed E-state index contributed by atoms with van der Waals surface area (Å²) >= 11 is 0. The van der Waals surface area contributed by atoms with Crippen molar-refractivity contribution in [3.8, 4) is 0 Å². The van der Waals surface area contributed by atoms with Crippen molar-refractivity contribution in [2.24, 2.45) is 0 Å². The van der Waals surface area contributed by atoms with Gasteiger partial charge in [-0.15, -0.1) is 0 Å². The lowest BCUT2D eigenvalue weighted by molar-refractivity contribution is -0.137. The van der Waals surface area contributed by atoms with Gasteiger partial charge in [-0.3, -0.25) is 4.79 Å². The average molecular weight is 298 g/mol. The van der Waals surface area contributed by atoms with Crippen molar-refractivity contribution in [3.63, 3.8) is 0 Å². The summed E-state index contributed by atoms with van der Waals surface area (Å²) in [5.74, 6) is -1.01. The Labute approximate surface area is 116 Å². The number of carboxylic acids is 1. The first-order chi connectivity index (χ1) is 9.13. The standard InChI is InChI=1S/C12H21F3N2O3/c1-9(2)17(8-5-10(18)19)11(20)16-7-4-3-6-12(13,14)15/h9H,3-8H2,1-2H3,(H,16,20)(H,18,19). The number of nitrogens with one attached hydrogen (secondary N) is 1. The van der Waals surface area contributed by atoms with Crippen LogP contribution in [0.25, 0.3) is 0 Å². The van der Waals surface area contributed by atoms with Gasteiger partial charge in [0.1, 0.15) is 0 Å². The normalized spacial score (nSPS) is 11.5. The molecule has 0 saturated carbocycles. The van der Waals surface area contributed by atoms with Crippen LogP contribution >= 0.6 is 0 Å². The van der Waals surface area contributed by atoms with Gasteiger partial charge in [-0.1, -0.05) is 0 Å². The number of urea groups is 1. The predicted octanol–water partition coefficient (Wildman–Crippen LogP) is 2.61. The van der Waals surface area contributed by atoms with Crippen molar-refractivity contribution in [2.75, 3.05) is 13.1 Å². The fourth-order valence-electron chi connectivity index (χ4n) is 1.56. The van der Waals surface area contributed by atoms with E-state index in [4.69, 9.17) is 5.11 Å².